The maximum Gasteiger partial charge on any atom is 0.248 e. The Hall–Kier alpha value is -1.63. The molecule has 7 heteroatoms. The summed E-state index contributed by atoms with van der Waals surface area (Å²) in [5.74, 6) is 1.19. The molecule has 0 atom stereocenters. The van der Waals surface area contributed by atoms with E-state index in [0.29, 0.717) is 11.0 Å². The van der Waals surface area contributed by atoms with Crippen LogP contribution in [0.4, 0.5) is 8.78 Å². The van der Waals surface area contributed by atoms with Crippen LogP contribution < -0.4 is 4.74 Å². The summed E-state index contributed by atoms with van der Waals surface area (Å²) >= 11 is 1.04. The highest BCUT2D eigenvalue weighted by atomic mass is 32.2. The van der Waals surface area contributed by atoms with Gasteiger partial charge in [0, 0.05) is 12.1 Å². The van der Waals surface area contributed by atoms with Crippen LogP contribution in [0.25, 0.3) is 11.4 Å². The van der Waals surface area contributed by atoms with Gasteiger partial charge in [0.05, 0.1) is 12.9 Å². The molecule has 1 aromatic carbocycles. The third-order valence-corrected chi connectivity index (χ3v) is 4.12. The van der Waals surface area contributed by atoms with Gasteiger partial charge >= 0.3 is 0 Å². The van der Waals surface area contributed by atoms with Crippen molar-refractivity contribution in [1.82, 2.24) is 14.8 Å². The lowest BCUT2D eigenvalue weighted by atomic mass is 10.2. The molecule has 120 valence electrons. The number of nitrogens with zero attached hydrogens (tertiary/aromatic N) is 3. The first-order valence-electron chi connectivity index (χ1n) is 7.14. The fraction of sp³-hybridized carbons (Fsp3) is 0.467. The van der Waals surface area contributed by atoms with Gasteiger partial charge < -0.3 is 9.30 Å². The van der Waals surface area contributed by atoms with Crippen molar-refractivity contribution >= 4 is 11.8 Å². The molecule has 0 N–H and O–H groups in total. The number of unbranched alkanes of at least 4 members (excludes halogenated alkanes) is 1. The first-order chi connectivity index (χ1) is 10.7. The van der Waals surface area contributed by atoms with Gasteiger partial charge in [-0.25, -0.2) is 8.78 Å². The second kappa shape index (κ2) is 8.12. The van der Waals surface area contributed by atoms with Crippen LogP contribution in [0.15, 0.2) is 29.4 Å². The molecule has 4 nitrogen and oxygen atoms in total. The Morgan fingerprint density at radius 2 is 1.95 bits per heavy atom. The van der Waals surface area contributed by atoms with Gasteiger partial charge in [0.1, 0.15) is 5.75 Å². The molecule has 22 heavy (non-hydrogen) atoms. The van der Waals surface area contributed by atoms with E-state index in [1.807, 2.05) is 28.8 Å². The Kier molecular flexibility index (Phi) is 6.18. The predicted molar refractivity (Wildman–Crippen MR) is 83.6 cm³/mol. The van der Waals surface area contributed by atoms with Crippen molar-refractivity contribution in [3.63, 3.8) is 0 Å². The van der Waals surface area contributed by atoms with Gasteiger partial charge in [-0.2, -0.15) is 0 Å². The zero-order valence-electron chi connectivity index (χ0n) is 12.6. The van der Waals surface area contributed by atoms with E-state index >= 15 is 0 Å². The molecule has 0 saturated carbocycles. The highest BCUT2D eigenvalue weighted by Gasteiger charge is 2.15. The molecule has 0 spiro atoms. The summed E-state index contributed by atoms with van der Waals surface area (Å²) in [5.41, 5.74) is 0.897. The zero-order chi connectivity index (χ0) is 15.9. The third-order valence-electron chi connectivity index (χ3n) is 3.14. The summed E-state index contributed by atoms with van der Waals surface area (Å²) in [5, 5.41) is 8.79. The van der Waals surface area contributed by atoms with Gasteiger partial charge in [-0.3, -0.25) is 0 Å². The molecule has 0 bridgehead atoms. The number of ether oxygens (including phenoxy) is 1. The second-order valence-electron chi connectivity index (χ2n) is 4.74. The molecule has 0 amide bonds. The van der Waals surface area contributed by atoms with Crippen molar-refractivity contribution in [3.05, 3.63) is 24.3 Å². The van der Waals surface area contributed by atoms with E-state index in [2.05, 4.69) is 17.1 Å². The van der Waals surface area contributed by atoms with Gasteiger partial charge in [0.15, 0.2) is 11.0 Å². The largest absolute Gasteiger partial charge is 0.497 e. The highest BCUT2D eigenvalue weighted by Crippen LogP contribution is 2.26. The van der Waals surface area contributed by atoms with Crippen molar-refractivity contribution in [2.75, 3.05) is 12.9 Å². The molecule has 2 aromatic rings. The van der Waals surface area contributed by atoms with E-state index in [-0.39, 0.29) is 5.75 Å². The topological polar surface area (TPSA) is 39.9 Å². The first-order valence-corrected chi connectivity index (χ1v) is 8.12. The normalized spacial score (nSPS) is 11.1. The van der Waals surface area contributed by atoms with Crippen LogP contribution in [-0.4, -0.2) is 34.1 Å². The number of alkyl halides is 2. The molecule has 1 heterocycles. The Bertz CT molecular complexity index is 587. The fourth-order valence-corrected chi connectivity index (χ4v) is 2.71. The number of thioether (sulfide) groups is 1. The lowest BCUT2D eigenvalue weighted by Crippen LogP contribution is -2.04. The van der Waals surface area contributed by atoms with E-state index in [0.717, 1.165) is 42.5 Å². The summed E-state index contributed by atoms with van der Waals surface area (Å²) < 4.78 is 31.9. The quantitative estimate of drug-likeness (QED) is 0.684. The predicted octanol–water partition coefficient (Wildman–Crippen LogP) is 4.11. The smallest absolute Gasteiger partial charge is 0.248 e. The zero-order valence-corrected chi connectivity index (χ0v) is 13.4. The van der Waals surface area contributed by atoms with Crippen molar-refractivity contribution in [3.8, 4) is 17.1 Å². The van der Waals surface area contributed by atoms with Crippen LogP contribution in [-0.2, 0) is 6.54 Å². The number of aromatic nitrogens is 3. The molecule has 0 aliphatic carbocycles. The van der Waals surface area contributed by atoms with Gasteiger partial charge in [-0.1, -0.05) is 25.1 Å². The van der Waals surface area contributed by atoms with Crippen LogP contribution in [0.3, 0.4) is 0 Å². The van der Waals surface area contributed by atoms with E-state index < -0.39 is 6.43 Å². The van der Waals surface area contributed by atoms with Gasteiger partial charge in [-0.05, 0) is 30.7 Å². The maximum absolute atomic E-state index is 12.4. The molecular weight excluding hydrogens is 308 g/mol. The van der Waals surface area contributed by atoms with Crippen molar-refractivity contribution in [1.29, 1.82) is 0 Å². The Labute approximate surface area is 132 Å². The average molecular weight is 327 g/mol. The summed E-state index contributed by atoms with van der Waals surface area (Å²) in [6.45, 7) is 2.81. The molecule has 0 aliphatic rings. The first kappa shape index (κ1) is 16.7. The maximum atomic E-state index is 12.4. The Morgan fingerprint density at radius 3 is 2.55 bits per heavy atom. The number of methoxy groups -OCH3 is 1. The third kappa shape index (κ3) is 4.19. The van der Waals surface area contributed by atoms with E-state index in [9.17, 15) is 8.78 Å². The summed E-state index contributed by atoms with van der Waals surface area (Å²) in [4.78, 5) is 0. The molecule has 0 aliphatic heterocycles. The lowest BCUT2D eigenvalue weighted by molar-refractivity contribution is 0.176. The summed E-state index contributed by atoms with van der Waals surface area (Å²) in [6.07, 6.45) is -0.395. The molecule has 0 fully saturated rings. The minimum Gasteiger partial charge on any atom is -0.497 e. The van der Waals surface area contributed by atoms with Crippen LogP contribution in [0.5, 0.6) is 5.75 Å². The molecular formula is C15H19F2N3OS. The van der Waals surface area contributed by atoms with Crippen LogP contribution in [0, 0.1) is 0 Å². The monoisotopic (exact) mass is 327 g/mol. The molecule has 1 aromatic heterocycles. The minimum atomic E-state index is -2.36. The van der Waals surface area contributed by atoms with Gasteiger partial charge in [-0.15, -0.1) is 10.2 Å². The SMILES string of the molecule is CCCCn1c(SCC(F)F)nnc1-c1ccc(OC)cc1. The number of halogens is 2. The number of rotatable bonds is 8. The number of hydrogen-bond donors (Lipinski definition) is 0. The minimum absolute atomic E-state index is 0.271. The molecule has 0 unspecified atom stereocenters. The highest BCUT2D eigenvalue weighted by molar-refractivity contribution is 7.99. The van der Waals surface area contributed by atoms with Gasteiger partial charge in [0.2, 0.25) is 6.43 Å². The van der Waals surface area contributed by atoms with Crippen LogP contribution in [0.1, 0.15) is 19.8 Å². The Morgan fingerprint density at radius 1 is 1.23 bits per heavy atom. The van der Waals surface area contributed by atoms with Crippen molar-refractivity contribution < 1.29 is 13.5 Å². The van der Waals surface area contributed by atoms with E-state index in [1.54, 1.807) is 7.11 Å². The van der Waals surface area contributed by atoms with Crippen molar-refractivity contribution in [2.45, 2.75) is 37.9 Å². The number of benzene rings is 1. The van der Waals surface area contributed by atoms with Crippen LogP contribution >= 0.6 is 11.8 Å². The molecule has 0 saturated heterocycles. The van der Waals surface area contributed by atoms with Crippen LogP contribution in [0.2, 0.25) is 0 Å². The van der Waals surface area contributed by atoms with E-state index in [4.69, 9.17) is 4.74 Å². The lowest BCUT2D eigenvalue weighted by Gasteiger charge is -2.10. The average Bonchev–Trinajstić information content (AvgIpc) is 2.93. The fourth-order valence-electron chi connectivity index (χ4n) is 2.00. The second-order valence-corrected chi connectivity index (χ2v) is 5.73. The molecule has 2 rings (SSSR count). The Balaban J connectivity index is 2.28. The molecule has 0 radical (unpaired) electrons. The number of hydrogen-bond acceptors (Lipinski definition) is 4. The summed E-state index contributed by atoms with van der Waals surface area (Å²) in [7, 11) is 1.61. The summed E-state index contributed by atoms with van der Waals surface area (Å²) in [6, 6.07) is 7.49. The standard InChI is InChI=1S/C15H19F2N3OS/c1-3-4-9-20-14(11-5-7-12(21-2)8-6-11)18-19-15(20)22-10-13(16)17/h5-8,13H,3-4,9-10H2,1-2H3. The van der Waals surface area contributed by atoms with Gasteiger partial charge in [0.25, 0.3) is 0 Å². The van der Waals surface area contributed by atoms with Crippen molar-refractivity contribution in [2.24, 2.45) is 0 Å². The van der Waals surface area contributed by atoms with E-state index in [1.165, 1.54) is 0 Å².